The predicted octanol–water partition coefficient (Wildman–Crippen LogP) is 1.00. The van der Waals surface area contributed by atoms with Crippen LogP contribution in [0.1, 0.15) is 22.7 Å². The number of rotatable bonds is 6. The number of furan rings is 1. The summed E-state index contributed by atoms with van der Waals surface area (Å²) in [4.78, 5) is 14.5. The molecular formula is C16H23N5O2. The molecule has 0 atom stereocenters. The Bertz CT molecular complexity index is 642. The average Bonchev–Trinajstić information content (AvgIpc) is 3.21. The van der Waals surface area contributed by atoms with Crippen molar-refractivity contribution in [2.45, 2.75) is 13.3 Å². The molecule has 7 nitrogen and oxygen atoms in total. The van der Waals surface area contributed by atoms with Gasteiger partial charge in [0.05, 0.1) is 0 Å². The quantitative estimate of drug-likeness (QED) is 0.692. The highest BCUT2D eigenvalue weighted by molar-refractivity contribution is 5.93. The Morgan fingerprint density at radius 2 is 2.22 bits per heavy atom. The van der Waals surface area contributed by atoms with Gasteiger partial charge in [-0.15, -0.1) is 0 Å². The van der Waals surface area contributed by atoms with Gasteiger partial charge in [0.2, 0.25) is 0 Å². The molecule has 0 unspecified atom stereocenters. The molecular weight excluding hydrogens is 294 g/mol. The Labute approximate surface area is 135 Å². The second kappa shape index (κ2) is 7.43. The number of H-pyrrole nitrogens is 1. The molecule has 1 amide bonds. The number of aromatic amines is 1. The van der Waals surface area contributed by atoms with E-state index in [0.29, 0.717) is 23.7 Å². The van der Waals surface area contributed by atoms with Crippen molar-refractivity contribution < 1.29 is 9.21 Å². The van der Waals surface area contributed by atoms with Crippen LogP contribution in [0.3, 0.4) is 0 Å². The zero-order valence-electron chi connectivity index (χ0n) is 13.4. The molecule has 3 heterocycles. The van der Waals surface area contributed by atoms with Gasteiger partial charge in [0.25, 0.3) is 5.91 Å². The van der Waals surface area contributed by atoms with Gasteiger partial charge in [-0.25, -0.2) is 0 Å². The highest BCUT2D eigenvalue weighted by Crippen LogP contribution is 2.20. The molecule has 3 rings (SSSR count). The maximum atomic E-state index is 12.1. The fraction of sp³-hybridized carbons (Fsp3) is 0.500. The number of amides is 1. The monoisotopic (exact) mass is 317 g/mol. The molecule has 23 heavy (non-hydrogen) atoms. The molecule has 124 valence electrons. The van der Waals surface area contributed by atoms with E-state index < -0.39 is 0 Å². The van der Waals surface area contributed by atoms with Crippen molar-refractivity contribution in [3.8, 4) is 11.5 Å². The minimum Gasteiger partial charge on any atom is -0.460 e. The number of nitrogens with one attached hydrogen (secondary N) is 3. The van der Waals surface area contributed by atoms with Gasteiger partial charge in [-0.2, -0.15) is 5.10 Å². The summed E-state index contributed by atoms with van der Waals surface area (Å²) >= 11 is 0. The van der Waals surface area contributed by atoms with Gasteiger partial charge >= 0.3 is 0 Å². The van der Waals surface area contributed by atoms with E-state index in [4.69, 9.17) is 4.42 Å². The molecule has 0 spiro atoms. The number of carbonyl (C=O) groups is 1. The van der Waals surface area contributed by atoms with E-state index in [-0.39, 0.29) is 5.91 Å². The van der Waals surface area contributed by atoms with Crippen LogP contribution < -0.4 is 10.6 Å². The topological polar surface area (TPSA) is 86.2 Å². The number of nitrogens with zero attached hydrogens (tertiary/aromatic N) is 2. The highest BCUT2D eigenvalue weighted by Gasteiger charge is 2.13. The second-order valence-corrected chi connectivity index (χ2v) is 5.78. The largest absolute Gasteiger partial charge is 0.460 e. The van der Waals surface area contributed by atoms with Gasteiger partial charge in [0.15, 0.2) is 11.5 Å². The van der Waals surface area contributed by atoms with Crippen LogP contribution in [0.4, 0.5) is 0 Å². The van der Waals surface area contributed by atoms with Crippen LogP contribution in [-0.2, 0) is 0 Å². The maximum absolute atomic E-state index is 12.1. The van der Waals surface area contributed by atoms with Crippen molar-refractivity contribution in [1.29, 1.82) is 0 Å². The van der Waals surface area contributed by atoms with E-state index in [2.05, 4.69) is 25.7 Å². The molecule has 0 aliphatic carbocycles. The van der Waals surface area contributed by atoms with E-state index in [1.807, 2.05) is 19.1 Å². The summed E-state index contributed by atoms with van der Waals surface area (Å²) in [5, 5.41) is 13.1. The molecule has 0 radical (unpaired) electrons. The minimum atomic E-state index is -0.156. The van der Waals surface area contributed by atoms with E-state index in [9.17, 15) is 4.79 Å². The summed E-state index contributed by atoms with van der Waals surface area (Å²) in [6.45, 7) is 7.82. The van der Waals surface area contributed by atoms with Crippen LogP contribution in [0, 0.1) is 6.92 Å². The molecule has 0 aromatic carbocycles. The van der Waals surface area contributed by atoms with Crippen LogP contribution in [0.25, 0.3) is 11.5 Å². The average molecular weight is 317 g/mol. The lowest BCUT2D eigenvalue weighted by Gasteiger charge is -2.26. The Kier molecular flexibility index (Phi) is 5.09. The summed E-state index contributed by atoms with van der Waals surface area (Å²) in [6.07, 6.45) is 0.945. The summed E-state index contributed by atoms with van der Waals surface area (Å²) in [5.41, 5.74) is 1.10. The smallest absolute Gasteiger partial charge is 0.271 e. The van der Waals surface area contributed by atoms with Crippen molar-refractivity contribution in [3.05, 3.63) is 29.7 Å². The fourth-order valence-electron chi connectivity index (χ4n) is 2.67. The van der Waals surface area contributed by atoms with Crippen molar-refractivity contribution in [2.75, 3.05) is 39.3 Å². The van der Waals surface area contributed by atoms with Crippen LogP contribution in [0.2, 0.25) is 0 Å². The molecule has 0 bridgehead atoms. The summed E-state index contributed by atoms with van der Waals surface area (Å²) in [6, 6.07) is 5.45. The van der Waals surface area contributed by atoms with Crippen molar-refractivity contribution in [2.24, 2.45) is 0 Å². The first kappa shape index (κ1) is 15.8. The Morgan fingerprint density at radius 1 is 1.39 bits per heavy atom. The third-order valence-corrected chi connectivity index (χ3v) is 3.96. The van der Waals surface area contributed by atoms with E-state index in [0.717, 1.165) is 44.9 Å². The van der Waals surface area contributed by atoms with Gasteiger partial charge in [-0.3, -0.25) is 9.89 Å². The van der Waals surface area contributed by atoms with Gasteiger partial charge in [-0.1, -0.05) is 0 Å². The van der Waals surface area contributed by atoms with Gasteiger partial charge < -0.3 is 20.0 Å². The number of carbonyl (C=O) groups excluding carboxylic acids is 1. The molecule has 2 aromatic rings. The second-order valence-electron chi connectivity index (χ2n) is 5.78. The predicted molar refractivity (Wildman–Crippen MR) is 87.3 cm³/mol. The Hall–Kier alpha value is -2.12. The molecule has 1 aliphatic rings. The van der Waals surface area contributed by atoms with Gasteiger partial charge in [-0.05, 0) is 32.0 Å². The zero-order chi connectivity index (χ0) is 16.1. The molecule has 7 heteroatoms. The number of aromatic nitrogens is 2. The van der Waals surface area contributed by atoms with E-state index in [1.165, 1.54) is 0 Å². The third-order valence-electron chi connectivity index (χ3n) is 3.96. The van der Waals surface area contributed by atoms with Crippen LogP contribution >= 0.6 is 0 Å². The van der Waals surface area contributed by atoms with Crippen LogP contribution in [-0.4, -0.2) is 60.3 Å². The Balaban J connectivity index is 1.44. The number of hydrogen-bond donors (Lipinski definition) is 3. The normalized spacial score (nSPS) is 15.7. The molecule has 3 N–H and O–H groups in total. The van der Waals surface area contributed by atoms with Gasteiger partial charge in [0.1, 0.15) is 11.5 Å². The number of aryl methyl sites for hydroxylation is 1. The summed E-state index contributed by atoms with van der Waals surface area (Å²) in [7, 11) is 0. The standard InChI is InChI=1S/C16H23N5O2/c1-12-3-4-15(23-12)13-11-14(20-19-13)16(22)18-5-2-8-21-9-6-17-7-10-21/h3-4,11,17H,2,5-10H2,1H3,(H,18,22)(H,19,20). The van der Waals surface area contributed by atoms with E-state index >= 15 is 0 Å². The first-order valence-electron chi connectivity index (χ1n) is 8.06. The molecule has 1 aliphatic heterocycles. The molecule has 1 saturated heterocycles. The zero-order valence-corrected chi connectivity index (χ0v) is 13.4. The first-order chi connectivity index (χ1) is 11.2. The van der Waals surface area contributed by atoms with Crippen molar-refractivity contribution >= 4 is 5.91 Å². The van der Waals surface area contributed by atoms with Crippen molar-refractivity contribution in [3.63, 3.8) is 0 Å². The lowest BCUT2D eigenvalue weighted by Crippen LogP contribution is -2.44. The third kappa shape index (κ3) is 4.20. The maximum Gasteiger partial charge on any atom is 0.271 e. The lowest BCUT2D eigenvalue weighted by molar-refractivity contribution is 0.0946. The number of hydrogen-bond acceptors (Lipinski definition) is 5. The SMILES string of the molecule is Cc1ccc(-c2cc(C(=O)NCCCN3CCNCC3)n[nH]2)o1. The van der Waals surface area contributed by atoms with Crippen LogP contribution in [0.15, 0.2) is 22.6 Å². The molecule has 0 saturated carbocycles. The summed E-state index contributed by atoms with van der Waals surface area (Å²) in [5.74, 6) is 1.36. The van der Waals surface area contributed by atoms with Gasteiger partial charge in [0, 0.05) is 38.8 Å². The van der Waals surface area contributed by atoms with Crippen molar-refractivity contribution in [1.82, 2.24) is 25.7 Å². The van der Waals surface area contributed by atoms with Crippen LogP contribution in [0.5, 0.6) is 0 Å². The highest BCUT2D eigenvalue weighted by atomic mass is 16.3. The van der Waals surface area contributed by atoms with E-state index in [1.54, 1.807) is 6.07 Å². The Morgan fingerprint density at radius 3 is 2.96 bits per heavy atom. The summed E-state index contributed by atoms with van der Waals surface area (Å²) < 4.78 is 5.51. The molecule has 2 aromatic heterocycles. The fourth-order valence-corrected chi connectivity index (χ4v) is 2.67. The lowest BCUT2D eigenvalue weighted by atomic mass is 10.3. The first-order valence-corrected chi connectivity index (χ1v) is 8.06. The number of piperazine rings is 1. The molecule has 1 fully saturated rings. The minimum absolute atomic E-state index is 0.156.